The van der Waals surface area contributed by atoms with E-state index in [0.29, 0.717) is 5.75 Å². The van der Waals surface area contributed by atoms with Gasteiger partial charge in [0.15, 0.2) is 11.5 Å². The number of carbonyl (C=O) groups is 2. The molecule has 1 atom stereocenters. The molecule has 110 valence electrons. The van der Waals surface area contributed by atoms with Crippen LogP contribution in [0.1, 0.15) is 17.3 Å². The Labute approximate surface area is 116 Å². The molecule has 0 aromatic heterocycles. The number of carboxylic acids is 1. The highest BCUT2D eigenvalue weighted by atomic mass is 16.5. The summed E-state index contributed by atoms with van der Waals surface area (Å²) in [6.07, 6.45) is 0. The van der Waals surface area contributed by atoms with Crippen molar-refractivity contribution in [2.24, 2.45) is 0 Å². The molecule has 1 aromatic carbocycles. The van der Waals surface area contributed by atoms with Gasteiger partial charge in [-0.2, -0.15) is 0 Å². The lowest BCUT2D eigenvalue weighted by Crippen LogP contribution is -2.38. The number of hydrogen-bond acceptors (Lipinski definition) is 5. The van der Waals surface area contributed by atoms with Crippen molar-refractivity contribution in [1.82, 2.24) is 5.32 Å². The van der Waals surface area contributed by atoms with Crippen LogP contribution >= 0.6 is 0 Å². The van der Waals surface area contributed by atoms with E-state index in [-0.39, 0.29) is 17.1 Å². The molecular weight excluding hydrogens is 266 g/mol. The molecule has 0 aliphatic carbocycles. The van der Waals surface area contributed by atoms with Crippen molar-refractivity contribution in [2.75, 3.05) is 21.3 Å². The molecule has 0 saturated carbocycles. The van der Waals surface area contributed by atoms with Gasteiger partial charge in [-0.1, -0.05) is 0 Å². The highest BCUT2D eigenvalue weighted by Crippen LogP contribution is 2.39. The summed E-state index contributed by atoms with van der Waals surface area (Å²) in [5.41, 5.74) is 0.165. The van der Waals surface area contributed by atoms with Gasteiger partial charge in [-0.25, -0.2) is 0 Å². The number of ether oxygens (including phenoxy) is 3. The number of hydrogen-bond donors (Lipinski definition) is 2. The van der Waals surface area contributed by atoms with Gasteiger partial charge in [-0.15, -0.1) is 0 Å². The van der Waals surface area contributed by atoms with Crippen LogP contribution in [0.3, 0.4) is 0 Å². The first-order chi connectivity index (χ1) is 9.46. The Hall–Kier alpha value is -2.44. The first kappa shape index (κ1) is 15.6. The fourth-order valence-corrected chi connectivity index (χ4v) is 1.62. The monoisotopic (exact) mass is 283 g/mol. The molecule has 0 aliphatic rings. The van der Waals surface area contributed by atoms with E-state index in [2.05, 4.69) is 5.32 Å². The predicted octanol–water partition coefficient (Wildman–Crippen LogP) is 0.915. The quantitative estimate of drug-likeness (QED) is 0.806. The predicted molar refractivity (Wildman–Crippen MR) is 70.7 cm³/mol. The van der Waals surface area contributed by atoms with Crippen LogP contribution in [-0.4, -0.2) is 44.4 Å². The van der Waals surface area contributed by atoms with Crippen molar-refractivity contribution in [3.63, 3.8) is 0 Å². The normalized spacial score (nSPS) is 11.4. The first-order valence-corrected chi connectivity index (χ1v) is 5.78. The van der Waals surface area contributed by atoms with Gasteiger partial charge in [0.05, 0.1) is 26.9 Å². The number of carbonyl (C=O) groups excluding carboxylic acids is 1. The third-order valence-corrected chi connectivity index (χ3v) is 2.67. The number of methoxy groups -OCH3 is 3. The maximum absolute atomic E-state index is 12.1. The Kier molecular flexibility index (Phi) is 5.19. The topological polar surface area (TPSA) is 94.1 Å². The van der Waals surface area contributed by atoms with E-state index in [1.54, 1.807) is 6.07 Å². The van der Waals surface area contributed by atoms with E-state index in [1.807, 2.05) is 0 Å². The standard InChI is InChI=1S/C13H17NO6/c1-7(13(16)17)14-12(15)8-5-6-9(18-2)11(20-4)10(8)19-3/h5-7H,1-4H3,(H,14,15)(H,16,17)/t7-/m1/s1. The summed E-state index contributed by atoms with van der Waals surface area (Å²) < 4.78 is 15.4. The summed E-state index contributed by atoms with van der Waals surface area (Å²) in [6.45, 7) is 1.37. The first-order valence-electron chi connectivity index (χ1n) is 5.78. The summed E-state index contributed by atoms with van der Waals surface area (Å²) in [5, 5.41) is 11.1. The van der Waals surface area contributed by atoms with E-state index in [9.17, 15) is 9.59 Å². The van der Waals surface area contributed by atoms with Gasteiger partial charge in [0.1, 0.15) is 6.04 Å². The Morgan fingerprint density at radius 1 is 1.10 bits per heavy atom. The number of rotatable bonds is 6. The summed E-state index contributed by atoms with van der Waals surface area (Å²) in [5.74, 6) is -0.838. The third kappa shape index (κ3) is 3.11. The minimum absolute atomic E-state index is 0.165. The van der Waals surface area contributed by atoms with E-state index in [0.717, 1.165) is 0 Å². The molecule has 0 saturated heterocycles. The van der Waals surface area contributed by atoms with Crippen LogP contribution in [0.5, 0.6) is 17.2 Å². The fourth-order valence-electron chi connectivity index (χ4n) is 1.62. The summed E-state index contributed by atoms with van der Waals surface area (Å²) >= 11 is 0. The van der Waals surface area contributed by atoms with Gasteiger partial charge in [0.25, 0.3) is 5.91 Å². The smallest absolute Gasteiger partial charge is 0.325 e. The molecule has 0 heterocycles. The van der Waals surface area contributed by atoms with Crippen molar-refractivity contribution in [3.8, 4) is 17.2 Å². The van der Waals surface area contributed by atoms with E-state index in [4.69, 9.17) is 19.3 Å². The molecule has 0 radical (unpaired) electrons. The highest BCUT2D eigenvalue weighted by Gasteiger charge is 2.23. The summed E-state index contributed by atoms with van der Waals surface area (Å²) in [6, 6.07) is 2.01. The largest absolute Gasteiger partial charge is 0.493 e. The van der Waals surface area contributed by atoms with Gasteiger partial charge in [0, 0.05) is 0 Å². The minimum atomic E-state index is -1.13. The minimum Gasteiger partial charge on any atom is -0.493 e. The maximum atomic E-state index is 12.1. The lowest BCUT2D eigenvalue weighted by Gasteiger charge is -2.16. The maximum Gasteiger partial charge on any atom is 0.325 e. The van der Waals surface area contributed by atoms with Crippen LogP contribution in [0, 0.1) is 0 Å². The van der Waals surface area contributed by atoms with Gasteiger partial charge in [-0.3, -0.25) is 9.59 Å². The summed E-state index contributed by atoms with van der Waals surface area (Å²) in [7, 11) is 4.26. The van der Waals surface area contributed by atoms with Crippen molar-refractivity contribution >= 4 is 11.9 Å². The van der Waals surface area contributed by atoms with Crippen molar-refractivity contribution in [2.45, 2.75) is 13.0 Å². The SMILES string of the molecule is COc1ccc(C(=O)N[C@H](C)C(=O)O)c(OC)c1OC. The second-order valence-electron chi connectivity index (χ2n) is 3.92. The van der Waals surface area contributed by atoms with Crippen LogP contribution in [0.4, 0.5) is 0 Å². The number of amides is 1. The van der Waals surface area contributed by atoms with E-state index >= 15 is 0 Å². The summed E-state index contributed by atoms with van der Waals surface area (Å²) in [4.78, 5) is 22.8. The van der Waals surface area contributed by atoms with Gasteiger partial charge < -0.3 is 24.6 Å². The Balaban J connectivity index is 3.18. The third-order valence-electron chi connectivity index (χ3n) is 2.67. The van der Waals surface area contributed by atoms with Crippen LogP contribution in [-0.2, 0) is 4.79 Å². The highest BCUT2D eigenvalue weighted by molar-refractivity contribution is 6.00. The lowest BCUT2D eigenvalue weighted by molar-refractivity contribution is -0.138. The molecule has 0 spiro atoms. The fraction of sp³-hybridized carbons (Fsp3) is 0.385. The molecule has 1 aromatic rings. The molecule has 0 aliphatic heterocycles. The molecule has 0 fully saturated rings. The molecule has 0 unspecified atom stereocenters. The van der Waals surface area contributed by atoms with Crippen LogP contribution < -0.4 is 19.5 Å². The van der Waals surface area contributed by atoms with Gasteiger partial charge in [0.2, 0.25) is 5.75 Å². The van der Waals surface area contributed by atoms with E-state index < -0.39 is 17.9 Å². The van der Waals surface area contributed by atoms with Crippen molar-refractivity contribution in [1.29, 1.82) is 0 Å². The van der Waals surface area contributed by atoms with Crippen molar-refractivity contribution in [3.05, 3.63) is 17.7 Å². The number of nitrogens with one attached hydrogen (secondary N) is 1. The zero-order valence-corrected chi connectivity index (χ0v) is 11.7. The second kappa shape index (κ2) is 6.65. The van der Waals surface area contributed by atoms with E-state index in [1.165, 1.54) is 34.3 Å². The molecular formula is C13H17NO6. The average Bonchev–Trinajstić information content (AvgIpc) is 2.44. The zero-order valence-electron chi connectivity index (χ0n) is 11.7. The number of carboxylic acid groups (broad SMARTS) is 1. The molecule has 20 heavy (non-hydrogen) atoms. The Morgan fingerprint density at radius 2 is 1.70 bits per heavy atom. The van der Waals surface area contributed by atoms with Crippen LogP contribution in [0.25, 0.3) is 0 Å². The van der Waals surface area contributed by atoms with Crippen LogP contribution in [0.2, 0.25) is 0 Å². The molecule has 2 N–H and O–H groups in total. The molecule has 0 bridgehead atoms. The molecule has 7 nitrogen and oxygen atoms in total. The number of benzene rings is 1. The second-order valence-corrected chi connectivity index (χ2v) is 3.92. The van der Waals surface area contributed by atoms with Crippen LogP contribution in [0.15, 0.2) is 12.1 Å². The molecule has 1 rings (SSSR count). The van der Waals surface area contributed by atoms with Gasteiger partial charge >= 0.3 is 5.97 Å². The number of aliphatic carboxylic acids is 1. The van der Waals surface area contributed by atoms with Crippen molar-refractivity contribution < 1.29 is 28.9 Å². The molecule has 1 amide bonds. The lowest BCUT2D eigenvalue weighted by atomic mass is 10.1. The average molecular weight is 283 g/mol. The Morgan fingerprint density at radius 3 is 2.15 bits per heavy atom. The molecule has 7 heteroatoms. The van der Waals surface area contributed by atoms with Gasteiger partial charge in [-0.05, 0) is 19.1 Å². The Bertz CT molecular complexity index is 514. The zero-order chi connectivity index (χ0) is 15.3.